The first-order chi connectivity index (χ1) is 15.5. The van der Waals surface area contributed by atoms with Crippen LogP contribution in [-0.4, -0.2) is 23.5 Å². The molecule has 4 rings (SSSR count). The molecule has 2 aromatic carbocycles. The normalized spacial score (nSPS) is 22.7. The second-order valence-electron chi connectivity index (χ2n) is 7.83. The van der Waals surface area contributed by atoms with Crippen molar-refractivity contribution in [2.24, 2.45) is 11.8 Å². The topological polar surface area (TPSA) is 64.6 Å². The van der Waals surface area contributed by atoms with Gasteiger partial charge in [0.15, 0.2) is 0 Å². The van der Waals surface area contributed by atoms with E-state index in [2.05, 4.69) is 36.5 Å². The smallest absolute Gasteiger partial charge is 0.286 e. The highest BCUT2D eigenvalue weighted by atomic mass is 32.2. The summed E-state index contributed by atoms with van der Waals surface area (Å²) in [7, 11) is 1.67. The van der Waals surface area contributed by atoms with Crippen LogP contribution in [0.4, 0.5) is 4.79 Å². The van der Waals surface area contributed by atoms with E-state index in [0.29, 0.717) is 18.3 Å². The molecule has 5 nitrogen and oxygen atoms in total. The summed E-state index contributed by atoms with van der Waals surface area (Å²) in [6, 6.07) is 15.6. The highest BCUT2D eigenvalue weighted by Gasteiger charge is 2.31. The lowest BCUT2D eigenvalue weighted by Crippen LogP contribution is -2.25. The lowest BCUT2D eigenvalue weighted by Gasteiger charge is -2.20. The number of benzene rings is 2. The van der Waals surface area contributed by atoms with Gasteiger partial charge in [-0.2, -0.15) is 0 Å². The molecule has 1 heterocycles. The van der Waals surface area contributed by atoms with Gasteiger partial charge in [0, 0.05) is 5.92 Å². The van der Waals surface area contributed by atoms with Crippen molar-refractivity contribution in [1.29, 1.82) is 0 Å². The lowest BCUT2D eigenvalue weighted by atomic mass is 9.88. The van der Waals surface area contributed by atoms with Gasteiger partial charge in [-0.3, -0.25) is 14.9 Å². The molecule has 0 radical (unpaired) electrons. The molecule has 0 aromatic heterocycles. The highest BCUT2D eigenvalue weighted by molar-refractivity contribution is 8.15. The lowest BCUT2D eigenvalue weighted by molar-refractivity contribution is -0.118. The number of allylic oxidation sites excluding steroid dienone is 4. The summed E-state index contributed by atoms with van der Waals surface area (Å²) >= 11 is 1.05. The van der Waals surface area contributed by atoms with Crippen LogP contribution < -0.4 is 14.8 Å². The second-order valence-corrected chi connectivity index (χ2v) is 9.01. The van der Waals surface area contributed by atoms with E-state index < -0.39 is 0 Å². The number of carbonyl (C=O) groups is 2. The predicted molar refractivity (Wildman–Crippen MR) is 128 cm³/mol. The van der Waals surface area contributed by atoms with Crippen LogP contribution in [0.15, 0.2) is 78.6 Å². The third-order valence-corrected chi connectivity index (χ3v) is 6.47. The Morgan fingerprint density at radius 2 is 1.75 bits per heavy atom. The Hall–Kier alpha value is -3.25. The van der Waals surface area contributed by atoms with Gasteiger partial charge < -0.3 is 9.47 Å². The molecule has 0 bridgehead atoms. The number of ether oxygens (including phenoxy) is 2. The van der Waals surface area contributed by atoms with E-state index in [1.54, 1.807) is 7.11 Å². The molecule has 1 saturated heterocycles. The van der Waals surface area contributed by atoms with E-state index in [0.717, 1.165) is 40.1 Å². The molecule has 0 saturated carbocycles. The van der Waals surface area contributed by atoms with Crippen molar-refractivity contribution in [3.05, 3.63) is 89.7 Å². The number of hydrogen-bond acceptors (Lipinski definition) is 5. The third-order valence-electron chi connectivity index (χ3n) is 5.49. The van der Waals surface area contributed by atoms with E-state index in [-0.39, 0.29) is 16.4 Å². The monoisotopic (exact) mass is 447 g/mol. The van der Waals surface area contributed by atoms with Gasteiger partial charge in [-0.05, 0) is 59.9 Å². The molecule has 2 aromatic rings. The summed E-state index contributed by atoms with van der Waals surface area (Å²) in [6.45, 7) is 2.17. The summed E-state index contributed by atoms with van der Waals surface area (Å²) in [6.07, 6.45) is 11.1. The van der Waals surface area contributed by atoms with Crippen LogP contribution in [0.25, 0.3) is 6.08 Å². The first-order valence-electron chi connectivity index (χ1n) is 10.5. The Morgan fingerprint density at radius 1 is 1.03 bits per heavy atom. The fraction of sp³-hybridized carbons (Fsp3) is 0.231. The largest absolute Gasteiger partial charge is 0.497 e. The van der Waals surface area contributed by atoms with Crippen LogP contribution in [0, 0.1) is 11.8 Å². The van der Waals surface area contributed by atoms with Crippen LogP contribution in [0.3, 0.4) is 0 Å². The van der Waals surface area contributed by atoms with Crippen LogP contribution in [-0.2, 0) is 11.2 Å². The Kier molecular flexibility index (Phi) is 6.81. The maximum atomic E-state index is 11.7. The zero-order chi connectivity index (χ0) is 22.5. The minimum absolute atomic E-state index is 0.220. The van der Waals surface area contributed by atoms with Gasteiger partial charge in [-0.15, -0.1) is 0 Å². The van der Waals surface area contributed by atoms with Crippen molar-refractivity contribution < 1.29 is 19.1 Å². The van der Waals surface area contributed by atoms with Crippen molar-refractivity contribution >= 4 is 29.0 Å². The molecule has 3 atom stereocenters. The van der Waals surface area contributed by atoms with Crippen molar-refractivity contribution in [1.82, 2.24) is 5.32 Å². The SMILES string of the molecule is COc1ccc(/C=C\C2C=CC(Oc3ccc(CC4SC(=O)NC4=O)cc3)=CC2C)cc1. The van der Waals surface area contributed by atoms with Crippen LogP contribution in [0.1, 0.15) is 18.1 Å². The summed E-state index contributed by atoms with van der Waals surface area (Å²) in [5, 5.41) is 1.68. The fourth-order valence-corrected chi connectivity index (χ4v) is 4.48. The minimum atomic E-state index is -0.359. The first kappa shape index (κ1) is 22.0. The molecule has 0 spiro atoms. The van der Waals surface area contributed by atoms with E-state index in [4.69, 9.17) is 9.47 Å². The molecule has 6 heteroatoms. The first-order valence-corrected chi connectivity index (χ1v) is 11.4. The van der Waals surface area contributed by atoms with E-state index in [9.17, 15) is 9.59 Å². The van der Waals surface area contributed by atoms with E-state index >= 15 is 0 Å². The maximum Gasteiger partial charge on any atom is 0.286 e. The fourth-order valence-electron chi connectivity index (χ4n) is 3.62. The van der Waals surface area contributed by atoms with Crippen LogP contribution >= 0.6 is 11.8 Å². The van der Waals surface area contributed by atoms with Crippen molar-refractivity contribution in [2.45, 2.75) is 18.6 Å². The molecule has 164 valence electrons. The van der Waals surface area contributed by atoms with Gasteiger partial charge in [0.25, 0.3) is 5.24 Å². The molecule has 2 amide bonds. The predicted octanol–water partition coefficient (Wildman–Crippen LogP) is 5.39. The van der Waals surface area contributed by atoms with Crippen molar-refractivity contribution in [3.8, 4) is 11.5 Å². The number of imide groups is 1. The summed E-state index contributed by atoms with van der Waals surface area (Å²) in [4.78, 5) is 23.0. The third kappa shape index (κ3) is 5.51. The number of carbonyl (C=O) groups excluding carboxylic acids is 2. The van der Waals surface area contributed by atoms with E-state index in [1.165, 1.54) is 0 Å². The molecule has 3 unspecified atom stereocenters. The highest BCUT2D eigenvalue weighted by Crippen LogP contribution is 2.28. The quantitative estimate of drug-likeness (QED) is 0.617. The number of amides is 2. The number of rotatable bonds is 7. The second kappa shape index (κ2) is 9.92. The molecule has 1 aliphatic carbocycles. The summed E-state index contributed by atoms with van der Waals surface area (Å²) in [5.74, 6) is 2.79. The summed E-state index contributed by atoms with van der Waals surface area (Å²) < 4.78 is 11.2. The molecule has 1 fully saturated rings. The number of nitrogens with one attached hydrogen (secondary N) is 1. The molecule has 1 N–H and O–H groups in total. The Morgan fingerprint density at radius 3 is 2.38 bits per heavy atom. The number of thioether (sulfide) groups is 1. The Labute approximate surface area is 192 Å². The van der Waals surface area contributed by atoms with E-state index in [1.807, 2.05) is 54.6 Å². The average molecular weight is 448 g/mol. The van der Waals surface area contributed by atoms with Gasteiger partial charge >= 0.3 is 0 Å². The molecular weight excluding hydrogens is 422 g/mol. The number of hydrogen-bond donors (Lipinski definition) is 1. The average Bonchev–Trinajstić information content (AvgIpc) is 3.11. The molecular formula is C26H25NO4S. The van der Waals surface area contributed by atoms with Crippen LogP contribution in [0.5, 0.6) is 11.5 Å². The maximum absolute atomic E-state index is 11.7. The molecule has 1 aliphatic heterocycles. The zero-order valence-corrected chi connectivity index (χ0v) is 18.8. The van der Waals surface area contributed by atoms with Gasteiger partial charge in [0.1, 0.15) is 17.3 Å². The summed E-state index contributed by atoms with van der Waals surface area (Å²) in [5.41, 5.74) is 2.13. The molecule has 2 aliphatic rings. The zero-order valence-electron chi connectivity index (χ0n) is 18.0. The van der Waals surface area contributed by atoms with Crippen LogP contribution in [0.2, 0.25) is 0 Å². The van der Waals surface area contributed by atoms with Gasteiger partial charge in [0.05, 0.1) is 12.4 Å². The molecule has 32 heavy (non-hydrogen) atoms. The Bertz CT molecular complexity index is 1070. The minimum Gasteiger partial charge on any atom is -0.497 e. The Balaban J connectivity index is 1.32. The van der Waals surface area contributed by atoms with Gasteiger partial charge in [-0.25, -0.2) is 0 Å². The van der Waals surface area contributed by atoms with Gasteiger partial charge in [0.2, 0.25) is 5.91 Å². The number of methoxy groups -OCH3 is 1. The van der Waals surface area contributed by atoms with Crippen molar-refractivity contribution in [2.75, 3.05) is 7.11 Å². The van der Waals surface area contributed by atoms with Gasteiger partial charge in [-0.1, -0.05) is 61.2 Å². The standard InChI is InChI=1S/C26H25NO4S/c1-17-15-23(14-9-20(17)8-3-18-4-10-21(30-2)11-5-18)31-22-12-6-19(7-13-22)16-24-25(28)27-26(29)32-24/h3-15,17,20,24H,16H2,1-2H3,(H,27,28,29)/b8-3-. The van der Waals surface area contributed by atoms with Crippen molar-refractivity contribution in [3.63, 3.8) is 0 Å².